The minimum atomic E-state index is 0.234. The molecule has 2 aromatic rings. The topological polar surface area (TPSA) is 25.4 Å². The molecule has 0 saturated carbocycles. The Morgan fingerprint density at radius 2 is 2.10 bits per heavy atom. The summed E-state index contributed by atoms with van der Waals surface area (Å²) >= 11 is 5.92. The highest BCUT2D eigenvalue weighted by Gasteiger charge is 2.24. The van der Waals surface area contributed by atoms with Crippen LogP contribution in [0, 0.1) is 0 Å². The zero-order valence-electron chi connectivity index (χ0n) is 11.9. The lowest BCUT2D eigenvalue weighted by molar-refractivity contribution is 0.197. The van der Waals surface area contributed by atoms with Gasteiger partial charge in [0, 0.05) is 37.6 Å². The predicted molar refractivity (Wildman–Crippen MR) is 84.5 cm³/mol. The molecule has 1 unspecified atom stereocenters. The molecular formula is C17H19ClN2O. The number of hydrogen-bond acceptors (Lipinski definition) is 3. The number of halogens is 1. The molecule has 2 heterocycles. The molecule has 1 fully saturated rings. The van der Waals surface area contributed by atoms with E-state index < -0.39 is 0 Å². The van der Waals surface area contributed by atoms with Crippen LogP contribution < -0.4 is 4.74 Å². The van der Waals surface area contributed by atoms with Crippen molar-refractivity contribution in [2.75, 3.05) is 13.1 Å². The summed E-state index contributed by atoms with van der Waals surface area (Å²) in [5.41, 5.74) is 2.31. The van der Waals surface area contributed by atoms with Crippen molar-refractivity contribution >= 4 is 11.6 Å². The molecule has 21 heavy (non-hydrogen) atoms. The summed E-state index contributed by atoms with van der Waals surface area (Å²) in [6, 6.07) is 12.5. The van der Waals surface area contributed by atoms with Crippen LogP contribution in [0.5, 0.6) is 5.75 Å². The van der Waals surface area contributed by atoms with E-state index in [1.54, 1.807) is 12.4 Å². The number of aromatic nitrogens is 1. The first kappa shape index (κ1) is 14.4. The Kier molecular flexibility index (Phi) is 4.73. The van der Waals surface area contributed by atoms with Crippen LogP contribution in [0.15, 0.2) is 48.8 Å². The van der Waals surface area contributed by atoms with Crippen molar-refractivity contribution in [2.24, 2.45) is 0 Å². The lowest BCUT2D eigenvalue weighted by atomic mass is 10.2. The van der Waals surface area contributed by atoms with Gasteiger partial charge >= 0.3 is 0 Å². The third-order valence-corrected chi connectivity index (χ3v) is 4.06. The van der Waals surface area contributed by atoms with Crippen LogP contribution >= 0.6 is 11.6 Å². The van der Waals surface area contributed by atoms with Crippen molar-refractivity contribution in [3.63, 3.8) is 0 Å². The van der Waals surface area contributed by atoms with Crippen LogP contribution in [-0.4, -0.2) is 29.1 Å². The van der Waals surface area contributed by atoms with Gasteiger partial charge in [0.1, 0.15) is 11.9 Å². The highest BCUT2D eigenvalue weighted by molar-refractivity contribution is 6.17. The minimum absolute atomic E-state index is 0.234. The van der Waals surface area contributed by atoms with E-state index in [0.717, 1.165) is 37.4 Å². The van der Waals surface area contributed by atoms with Crippen LogP contribution in [-0.2, 0) is 12.4 Å². The zero-order chi connectivity index (χ0) is 14.5. The summed E-state index contributed by atoms with van der Waals surface area (Å²) < 4.78 is 6.10. The Morgan fingerprint density at radius 1 is 1.24 bits per heavy atom. The maximum absolute atomic E-state index is 6.10. The Labute approximate surface area is 130 Å². The van der Waals surface area contributed by atoms with Crippen LogP contribution in [0.25, 0.3) is 0 Å². The van der Waals surface area contributed by atoms with E-state index in [4.69, 9.17) is 16.3 Å². The Bertz CT molecular complexity index is 576. The summed E-state index contributed by atoms with van der Waals surface area (Å²) in [6.45, 7) is 3.01. The highest BCUT2D eigenvalue weighted by atomic mass is 35.5. The second-order valence-corrected chi connectivity index (χ2v) is 5.63. The maximum atomic E-state index is 6.10. The van der Waals surface area contributed by atoms with Crippen LogP contribution in [0.1, 0.15) is 17.5 Å². The quantitative estimate of drug-likeness (QED) is 0.791. The second-order valence-electron chi connectivity index (χ2n) is 5.37. The van der Waals surface area contributed by atoms with Gasteiger partial charge in [-0.15, -0.1) is 11.6 Å². The van der Waals surface area contributed by atoms with Crippen molar-refractivity contribution in [1.29, 1.82) is 0 Å². The maximum Gasteiger partial charge on any atom is 0.127 e. The lowest BCUT2D eigenvalue weighted by Crippen LogP contribution is -2.24. The van der Waals surface area contributed by atoms with E-state index in [1.807, 2.05) is 6.07 Å². The van der Waals surface area contributed by atoms with Gasteiger partial charge in [-0.2, -0.15) is 0 Å². The van der Waals surface area contributed by atoms with Gasteiger partial charge in [0.25, 0.3) is 0 Å². The van der Waals surface area contributed by atoms with Crippen molar-refractivity contribution in [1.82, 2.24) is 9.88 Å². The summed E-state index contributed by atoms with van der Waals surface area (Å²) in [5.74, 6) is 1.30. The number of benzene rings is 1. The van der Waals surface area contributed by atoms with Gasteiger partial charge in [-0.05, 0) is 18.1 Å². The molecule has 0 bridgehead atoms. The van der Waals surface area contributed by atoms with Gasteiger partial charge in [-0.3, -0.25) is 9.88 Å². The molecule has 3 nitrogen and oxygen atoms in total. The van der Waals surface area contributed by atoms with Gasteiger partial charge < -0.3 is 4.74 Å². The van der Waals surface area contributed by atoms with Gasteiger partial charge in [0.2, 0.25) is 0 Å². The number of pyridine rings is 1. The van der Waals surface area contributed by atoms with E-state index in [2.05, 4.69) is 40.2 Å². The first-order valence-electron chi connectivity index (χ1n) is 7.27. The fourth-order valence-electron chi connectivity index (χ4n) is 2.69. The van der Waals surface area contributed by atoms with Crippen molar-refractivity contribution in [3.8, 4) is 5.75 Å². The third-order valence-electron chi connectivity index (χ3n) is 3.77. The molecule has 1 atom stereocenters. The van der Waals surface area contributed by atoms with Crippen LogP contribution in [0.4, 0.5) is 0 Å². The number of likely N-dealkylation sites (tertiary alicyclic amines) is 1. The highest BCUT2D eigenvalue weighted by Crippen LogP contribution is 2.23. The number of nitrogens with zero attached hydrogens (tertiary/aromatic N) is 2. The van der Waals surface area contributed by atoms with E-state index in [1.165, 1.54) is 5.56 Å². The molecule has 0 aliphatic carbocycles. The van der Waals surface area contributed by atoms with E-state index in [0.29, 0.717) is 5.88 Å². The van der Waals surface area contributed by atoms with Crippen LogP contribution in [0.2, 0.25) is 0 Å². The van der Waals surface area contributed by atoms with Gasteiger partial charge in [-0.1, -0.05) is 30.3 Å². The predicted octanol–water partition coefficient (Wildman–Crippen LogP) is 3.47. The number of alkyl halides is 1. The SMILES string of the molecule is ClCc1cnccc1OC1CCN(Cc2ccccc2)C1. The van der Waals surface area contributed by atoms with E-state index >= 15 is 0 Å². The molecule has 110 valence electrons. The van der Waals surface area contributed by atoms with E-state index in [-0.39, 0.29) is 6.10 Å². The molecule has 0 radical (unpaired) electrons. The average molecular weight is 303 g/mol. The first-order chi connectivity index (χ1) is 10.3. The Morgan fingerprint density at radius 3 is 2.90 bits per heavy atom. The normalized spacial score (nSPS) is 18.8. The molecule has 1 aliphatic rings. The Balaban J connectivity index is 1.57. The molecule has 0 spiro atoms. The monoisotopic (exact) mass is 302 g/mol. The van der Waals surface area contributed by atoms with E-state index in [9.17, 15) is 0 Å². The number of ether oxygens (including phenoxy) is 1. The molecule has 1 aromatic carbocycles. The molecular weight excluding hydrogens is 284 g/mol. The number of rotatable bonds is 5. The molecule has 0 N–H and O–H groups in total. The largest absolute Gasteiger partial charge is 0.489 e. The molecule has 0 amide bonds. The summed E-state index contributed by atoms with van der Waals surface area (Å²) in [5, 5.41) is 0. The molecule has 1 aromatic heterocycles. The molecule has 1 aliphatic heterocycles. The van der Waals surface area contributed by atoms with Crippen molar-refractivity contribution in [2.45, 2.75) is 24.9 Å². The molecule has 1 saturated heterocycles. The number of hydrogen-bond donors (Lipinski definition) is 0. The minimum Gasteiger partial charge on any atom is -0.489 e. The zero-order valence-corrected chi connectivity index (χ0v) is 12.7. The second kappa shape index (κ2) is 6.92. The molecule has 3 rings (SSSR count). The lowest BCUT2D eigenvalue weighted by Gasteiger charge is -2.18. The van der Waals surface area contributed by atoms with Crippen molar-refractivity contribution in [3.05, 3.63) is 59.9 Å². The van der Waals surface area contributed by atoms with Crippen LogP contribution in [0.3, 0.4) is 0 Å². The summed E-state index contributed by atoms with van der Waals surface area (Å²) in [6.07, 6.45) is 4.82. The van der Waals surface area contributed by atoms with Gasteiger partial charge in [0.05, 0.1) is 5.88 Å². The van der Waals surface area contributed by atoms with Crippen molar-refractivity contribution < 1.29 is 4.74 Å². The smallest absolute Gasteiger partial charge is 0.127 e. The average Bonchev–Trinajstić information content (AvgIpc) is 2.96. The Hall–Kier alpha value is -1.58. The fourth-order valence-corrected chi connectivity index (χ4v) is 2.89. The summed E-state index contributed by atoms with van der Waals surface area (Å²) in [4.78, 5) is 6.52. The summed E-state index contributed by atoms with van der Waals surface area (Å²) in [7, 11) is 0. The molecule has 4 heteroatoms. The third kappa shape index (κ3) is 3.74. The standard InChI is InChI=1S/C17H19ClN2O/c18-10-15-11-19-8-6-17(15)21-16-7-9-20(13-16)12-14-4-2-1-3-5-14/h1-6,8,11,16H,7,9-10,12-13H2. The van der Waals surface area contributed by atoms with Gasteiger partial charge in [-0.25, -0.2) is 0 Å². The fraction of sp³-hybridized carbons (Fsp3) is 0.353. The first-order valence-corrected chi connectivity index (χ1v) is 7.80. The van der Waals surface area contributed by atoms with Gasteiger partial charge in [0.15, 0.2) is 0 Å².